The number of hydrogen-bond donors (Lipinski definition) is 2. The van der Waals surface area contributed by atoms with Crippen molar-refractivity contribution in [2.45, 2.75) is 25.2 Å². The number of aryl methyl sites for hydroxylation is 1. The molecule has 0 aromatic heterocycles. The summed E-state index contributed by atoms with van der Waals surface area (Å²) >= 11 is 5.99. The number of nitrogens with one attached hydrogen (secondary N) is 2. The van der Waals surface area contributed by atoms with Gasteiger partial charge in [-0.05, 0) is 43.2 Å². The molecule has 0 aliphatic carbocycles. The van der Waals surface area contributed by atoms with Gasteiger partial charge in [-0.1, -0.05) is 36.7 Å². The molecule has 0 unspecified atom stereocenters. The van der Waals surface area contributed by atoms with Gasteiger partial charge in [-0.2, -0.15) is 0 Å². The van der Waals surface area contributed by atoms with Crippen molar-refractivity contribution in [3.05, 3.63) is 58.6 Å². The highest BCUT2D eigenvalue weighted by Crippen LogP contribution is 2.24. The monoisotopic (exact) mass is 366 g/mol. The summed E-state index contributed by atoms with van der Waals surface area (Å²) in [6, 6.07) is 11.0. The number of para-hydroxylation sites is 1. The third-order valence-electron chi connectivity index (χ3n) is 3.42. The lowest BCUT2D eigenvalue weighted by atomic mass is 10.1. The minimum Gasteiger partial charge on any atom is -0.352 e. The largest absolute Gasteiger partial charge is 0.352 e. The van der Waals surface area contributed by atoms with Crippen LogP contribution >= 0.6 is 11.6 Å². The number of amides is 1. The number of hydrogen-bond acceptors (Lipinski definition) is 3. The second-order valence-corrected chi connectivity index (χ2v) is 7.41. The van der Waals surface area contributed by atoms with Crippen LogP contribution in [0.15, 0.2) is 47.4 Å². The normalized spacial score (nSPS) is 11.1. The first-order valence-corrected chi connectivity index (χ1v) is 9.37. The zero-order valence-corrected chi connectivity index (χ0v) is 15.0. The third-order valence-corrected chi connectivity index (χ3v) is 5.11. The number of carbonyl (C=O) groups excluding carboxylic acids is 1. The molecule has 0 bridgehead atoms. The molecule has 0 heterocycles. The van der Waals surface area contributed by atoms with Crippen molar-refractivity contribution in [2.24, 2.45) is 0 Å². The second-order valence-electron chi connectivity index (χ2n) is 5.32. The number of benzene rings is 2. The van der Waals surface area contributed by atoms with E-state index in [0.717, 1.165) is 6.42 Å². The topological polar surface area (TPSA) is 75.3 Å². The molecular formula is C17H19ClN2O3S. The average Bonchev–Trinajstić information content (AvgIpc) is 2.54. The second kappa shape index (κ2) is 7.68. The maximum absolute atomic E-state index is 12.6. The van der Waals surface area contributed by atoms with E-state index >= 15 is 0 Å². The molecule has 2 aromatic carbocycles. The maximum Gasteiger partial charge on any atom is 0.261 e. The number of rotatable bonds is 6. The van der Waals surface area contributed by atoms with Gasteiger partial charge in [0.15, 0.2) is 0 Å². The van der Waals surface area contributed by atoms with E-state index in [1.165, 1.54) is 12.1 Å². The van der Waals surface area contributed by atoms with Crippen LogP contribution in [0.25, 0.3) is 0 Å². The van der Waals surface area contributed by atoms with Gasteiger partial charge in [0.05, 0.1) is 15.6 Å². The summed E-state index contributed by atoms with van der Waals surface area (Å²) in [6.45, 7) is 4.24. The summed E-state index contributed by atoms with van der Waals surface area (Å²) in [6.07, 6.45) is 0.802. The van der Waals surface area contributed by atoms with Crippen LogP contribution in [0.2, 0.25) is 5.02 Å². The van der Waals surface area contributed by atoms with Gasteiger partial charge in [0, 0.05) is 12.1 Å². The van der Waals surface area contributed by atoms with Gasteiger partial charge in [0.2, 0.25) is 0 Å². The van der Waals surface area contributed by atoms with Crippen LogP contribution in [0.4, 0.5) is 5.69 Å². The molecule has 0 radical (unpaired) electrons. The quantitative estimate of drug-likeness (QED) is 0.820. The molecule has 0 aliphatic heterocycles. The van der Waals surface area contributed by atoms with Crippen molar-refractivity contribution >= 4 is 33.2 Å². The summed E-state index contributed by atoms with van der Waals surface area (Å²) in [5, 5.41) is 3.05. The predicted molar refractivity (Wildman–Crippen MR) is 96.1 cm³/mol. The van der Waals surface area contributed by atoms with Crippen LogP contribution in [-0.4, -0.2) is 20.9 Å². The Morgan fingerprint density at radius 2 is 1.88 bits per heavy atom. The third kappa shape index (κ3) is 4.27. The van der Waals surface area contributed by atoms with Crippen LogP contribution in [0.1, 0.15) is 29.3 Å². The molecule has 2 rings (SSSR count). The van der Waals surface area contributed by atoms with Gasteiger partial charge in [0.1, 0.15) is 0 Å². The van der Waals surface area contributed by atoms with Crippen LogP contribution < -0.4 is 10.0 Å². The number of sulfonamides is 1. The molecule has 0 saturated heterocycles. The molecule has 0 fully saturated rings. The van der Waals surface area contributed by atoms with E-state index in [1.54, 1.807) is 37.3 Å². The minimum atomic E-state index is -3.84. The molecule has 5 nitrogen and oxygen atoms in total. The molecule has 7 heteroatoms. The molecule has 0 aliphatic rings. The van der Waals surface area contributed by atoms with Gasteiger partial charge in [-0.3, -0.25) is 9.52 Å². The fourth-order valence-electron chi connectivity index (χ4n) is 2.09. The van der Waals surface area contributed by atoms with Crippen molar-refractivity contribution < 1.29 is 13.2 Å². The summed E-state index contributed by atoms with van der Waals surface area (Å²) in [5.41, 5.74) is 1.34. The Bertz CT molecular complexity index is 851. The van der Waals surface area contributed by atoms with E-state index in [1.807, 2.05) is 6.92 Å². The van der Waals surface area contributed by atoms with Gasteiger partial charge in [0.25, 0.3) is 15.9 Å². The first-order chi connectivity index (χ1) is 11.3. The fraction of sp³-hybridized carbons (Fsp3) is 0.235. The van der Waals surface area contributed by atoms with Crippen LogP contribution in [0, 0.1) is 6.92 Å². The standard InChI is InChI=1S/C17H19ClN2O3S/c1-3-10-19-17(21)14-11-13(9-8-12(14)2)24(22,23)20-16-7-5-4-6-15(16)18/h4-9,11,20H,3,10H2,1-2H3,(H,19,21). The Kier molecular flexibility index (Phi) is 5.85. The lowest BCUT2D eigenvalue weighted by Gasteiger charge is -2.12. The Labute approximate surface area is 147 Å². The fourth-order valence-corrected chi connectivity index (χ4v) is 3.44. The van der Waals surface area contributed by atoms with Crippen molar-refractivity contribution in [3.63, 3.8) is 0 Å². The molecule has 1 amide bonds. The number of carbonyl (C=O) groups is 1. The molecule has 128 valence electrons. The van der Waals surface area contributed by atoms with E-state index in [9.17, 15) is 13.2 Å². The summed E-state index contributed by atoms with van der Waals surface area (Å²) in [7, 11) is -3.84. The van der Waals surface area contributed by atoms with Crippen LogP contribution in [0.3, 0.4) is 0 Å². The molecule has 0 saturated carbocycles. The van der Waals surface area contributed by atoms with Crippen molar-refractivity contribution in [2.75, 3.05) is 11.3 Å². The molecule has 0 atom stereocenters. The Morgan fingerprint density at radius 1 is 1.17 bits per heavy atom. The van der Waals surface area contributed by atoms with Crippen LogP contribution in [0.5, 0.6) is 0 Å². The molecule has 2 N–H and O–H groups in total. The SMILES string of the molecule is CCCNC(=O)c1cc(S(=O)(=O)Nc2ccccc2Cl)ccc1C. The van der Waals surface area contributed by atoms with Crippen LogP contribution in [-0.2, 0) is 10.0 Å². The predicted octanol–water partition coefficient (Wildman–Crippen LogP) is 3.59. The van der Waals surface area contributed by atoms with Gasteiger partial charge < -0.3 is 5.32 Å². The molecule has 24 heavy (non-hydrogen) atoms. The van der Waals surface area contributed by atoms with Crippen molar-refractivity contribution in [1.82, 2.24) is 5.32 Å². The molecular weight excluding hydrogens is 348 g/mol. The Hall–Kier alpha value is -2.05. The first-order valence-electron chi connectivity index (χ1n) is 7.51. The van der Waals surface area contributed by atoms with Crippen molar-refractivity contribution in [1.29, 1.82) is 0 Å². The first kappa shape index (κ1) is 18.3. The Morgan fingerprint density at radius 3 is 2.54 bits per heavy atom. The highest BCUT2D eigenvalue weighted by atomic mass is 35.5. The Balaban J connectivity index is 2.34. The van der Waals surface area contributed by atoms with Gasteiger partial charge in [-0.25, -0.2) is 8.42 Å². The van der Waals surface area contributed by atoms with E-state index in [-0.39, 0.29) is 16.5 Å². The van der Waals surface area contributed by atoms with Gasteiger partial charge >= 0.3 is 0 Å². The summed E-state index contributed by atoms with van der Waals surface area (Å²) in [5.74, 6) is -0.288. The minimum absolute atomic E-state index is 0.00895. The average molecular weight is 367 g/mol. The van der Waals surface area contributed by atoms with E-state index in [4.69, 9.17) is 11.6 Å². The van der Waals surface area contributed by atoms with Gasteiger partial charge in [-0.15, -0.1) is 0 Å². The molecule has 0 spiro atoms. The lowest BCUT2D eigenvalue weighted by molar-refractivity contribution is 0.0953. The summed E-state index contributed by atoms with van der Waals surface area (Å²) in [4.78, 5) is 12.2. The number of halogens is 1. The van der Waals surface area contributed by atoms with Crippen molar-refractivity contribution in [3.8, 4) is 0 Å². The lowest BCUT2D eigenvalue weighted by Crippen LogP contribution is -2.25. The highest BCUT2D eigenvalue weighted by molar-refractivity contribution is 7.92. The van der Waals surface area contributed by atoms with E-state index < -0.39 is 10.0 Å². The number of anilines is 1. The zero-order chi connectivity index (χ0) is 17.7. The smallest absolute Gasteiger partial charge is 0.261 e. The summed E-state index contributed by atoms with van der Waals surface area (Å²) < 4.78 is 27.5. The molecule has 2 aromatic rings. The highest BCUT2D eigenvalue weighted by Gasteiger charge is 2.19. The zero-order valence-electron chi connectivity index (χ0n) is 13.5. The maximum atomic E-state index is 12.6. The van der Waals surface area contributed by atoms with E-state index in [2.05, 4.69) is 10.0 Å². The van der Waals surface area contributed by atoms with E-state index in [0.29, 0.717) is 22.7 Å².